The van der Waals surface area contributed by atoms with E-state index in [2.05, 4.69) is 20.8 Å². The average molecular weight is 439 g/mol. The highest BCUT2D eigenvalue weighted by Gasteiger charge is 2.10. The third-order valence-electron chi connectivity index (χ3n) is 3.77. The number of rotatable bonds is 8. The number of amides is 2. The van der Waals surface area contributed by atoms with Crippen LogP contribution in [-0.2, 0) is 9.59 Å². The Morgan fingerprint density at radius 1 is 1.00 bits per heavy atom. The van der Waals surface area contributed by atoms with Gasteiger partial charge in [0.15, 0.2) is 10.1 Å². The van der Waals surface area contributed by atoms with Crippen molar-refractivity contribution in [2.24, 2.45) is 0 Å². The number of nitrogens with zero attached hydrogens (tertiary/aromatic N) is 2. The number of hydrogen-bond donors (Lipinski definition) is 2. The zero-order valence-electron chi connectivity index (χ0n) is 16.0. The molecule has 0 saturated heterocycles. The van der Waals surface area contributed by atoms with Gasteiger partial charge in [-0.1, -0.05) is 53.4 Å². The zero-order valence-corrected chi connectivity index (χ0v) is 17.6. The first-order valence-corrected chi connectivity index (χ1v) is 10.7. The molecule has 0 fully saturated rings. The van der Waals surface area contributed by atoms with Crippen LogP contribution in [0.2, 0.25) is 0 Å². The van der Waals surface area contributed by atoms with Crippen molar-refractivity contribution < 1.29 is 14.4 Å². The molecule has 1 aromatic heterocycles. The summed E-state index contributed by atoms with van der Waals surface area (Å²) in [5, 5.41) is 13.7. The molecule has 7 nitrogen and oxygen atoms in total. The number of carbonyl (C=O) groups excluding carboxylic acids is 3. The maximum atomic E-state index is 12.1. The van der Waals surface area contributed by atoms with Crippen molar-refractivity contribution in [3.05, 3.63) is 71.8 Å². The van der Waals surface area contributed by atoms with Gasteiger partial charge in [-0.15, -0.1) is 10.2 Å². The molecule has 0 aliphatic heterocycles. The molecular weight excluding hydrogens is 420 g/mol. The molecule has 0 bridgehead atoms. The summed E-state index contributed by atoms with van der Waals surface area (Å²) >= 11 is 2.42. The van der Waals surface area contributed by atoms with Crippen molar-refractivity contribution in [1.29, 1.82) is 0 Å². The number of thioether (sulfide) groups is 1. The molecule has 0 aliphatic carbocycles. The molecule has 0 aliphatic rings. The Morgan fingerprint density at radius 2 is 1.73 bits per heavy atom. The Morgan fingerprint density at radius 3 is 2.43 bits per heavy atom. The lowest BCUT2D eigenvalue weighted by molar-refractivity contribution is -0.114. The van der Waals surface area contributed by atoms with Gasteiger partial charge in [-0.25, -0.2) is 0 Å². The van der Waals surface area contributed by atoms with Crippen molar-refractivity contribution in [1.82, 2.24) is 10.2 Å². The number of hydrogen-bond acceptors (Lipinski definition) is 7. The maximum absolute atomic E-state index is 12.1. The Bertz CT molecular complexity index is 1060. The summed E-state index contributed by atoms with van der Waals surface area (Å²) in [6, 6.07) is 16.2. The molecule has 0 atom stereocenters. The van der Waals surface area contributed by atoms with Gasteiger partial charge in [0.25, 0.3) is 0 Å². The molecule has 30 heavy (non-hydrogen) atoms. The van der Waals surface area contributed by atoms with Gasteiger partial charge in [0.05, 0.1) is 5.75 Å². The van der Waals surface area contributed by atoms with E-state index < -0.39 is 0 Å². The quantitative estimate of drug-likeness (QED) is 0.237. The maximum Gasteiger partial charge on any atom is 0.250 e. The van der Waals surface area contributed by atoms with Gasteiger partial charge < -0.3 is 5.32 Å². The molecule has 0 saturated carbocycles. The topological polar surface area (TPSA) is 101 Å². The summed E-state index contributed by atoms with van der Waals surface area (Å²) in [5.41, 5.74) is 2.12. The third-order valence-corrected chi connectivity index (χ3v) is 5.74. The van der Waals surface area contributed by atoms with Gasteiger partial charge in [0.2, 0.25) is 16.9 Å². The molecule has 3 aromatic rings. The largest absolute Gasteiger partial charge is 0.325 e. The van der Waals surface area contributed by atoms with Crippen LogP contribution in [0.3, 0.4) is 0 Å². The molecule has 0 unspecified atom stereocenters. The number of benzene rings is 2. The van der Waals surface area contributed by atoms with Crippen molar-refractivity contribution in [3.63, 3.8) is 0 Å². The van der Waals surface area contributed by atoms with E-state index in [-0.39, 0.29) is 23.4 Å². The van der Waals surface area contributed by atoms with Crippen molar-refractivity contribution in [2.45, 2.75) is 11.3 Å². The first-order valence-electron chi connectivity index (χ1n) is 8.91. The predicted molar refractivity (Wildman–Crippen MR) is 120 cm³/mol. The van der Waals surface area contributed by atoms with Crippen LogP contribution in [0.4, 0.5) is 10.8 Å². The van der Waals surface area contributed by atoms with Crippen LogP contribution in [-0.4, -0.2) is 33.5 Å². The number of ketones is 1. The second-order valence-electron chi connectivity index (χ2n) is 6.08. The van der Waals surface area contributed by atoms with Crippen LogP contribution in [0, 0.1) is 0 Å². The highest BCUT2D eigenvalue weighted by Crippen LogP contribution is 2.25. The van der Waals surface area contributed by atoms with E-state index in [4.69, 9.17) is 0 Å². The Labute approximate surface area is 181 Å². The van der Waals surface area contributed by atoms with E-state index in [1.54, 1.807) is 30.3 Å². The number of nitrogens with one attached hydrogen (secondary N) is 2. The number of Topliss-reactive ketones (excluding diaryl/α,β-unsaturated/α-hetero) is 1. The van der Waals surface area contributed by atoms with E-state index in [1.165, 1.54) is 36.1 Å². The first kappa shape index (κ1) is 21.4. The fraction of sp³-hybridized carbons (Fsp3) is 0.0952. The number of anilines is 2. The third kappa shape index (κ3) is 6.64. The molecule has 2 amide bonds. The summed E-state index contributed by atoms with van der Waals surface area (Å²) in [5.74, 6) is -0.399. The van der Waals surface area contributed by atoms with Gasteiger partial charge in [-0.3, -0.25) is 19.7 Å². The highest BCUT2D eigenvalue weighted by atomic mass is 32.2. The minimum absolute atomic E-state index is 0.0295. The molecule has 3 rings (SSSR count). The van der Waals surface area contributed by atoms with Crippen LogP contribution >= 0.6 is 23.1 Å². The normalized spacial score (nSPS) is 10.7. The minimum Gasteiger partial charge on any atom is -0.325 e. The second-order valence-corrected chi connectivity index (χ2v) is 8.28. The number of carbonyl (C=O) groups is 3. The van der Waals surface area contributed by atoms with Gasteiger partial charge >= 0.3 is 0 Å². The van der Waals surface area contributed by atoms with Gasteiger partial charge in [0.1, 0.15) is 0 Å². The number of aromatic nitrogens is 2. The lowest BCUT2D eigenvalue weighted by atomic mass is 10.1. The summed E-state index contributed by atoms with van der Waals surface area (Å²) in [6.45, 7) is 1.49. The molecule has 0 spiro atoms. The predicted octanol–water partition coefficient (Wildman–Crippen LogP) is 4.12. The van der Waals surface area contributed by atoms with Crippen LogP contribution in [0.25, 0.3) is 6.08 Å². The molecule has 152 valence electrons. The lowest BCUT2D eigenvalue weighted by Gasteiger charge is -2.04. The highest BCUT2D eigenvalue weighted by molar-refractivity contribution is 8.01. The fourth-order valence-electron chi connectivity index (χ4n) is 2.31. The standard InChI is InChI=1S/C21H18N4O3S2/c1-14(26)16-8-10-17(11-9-16)22-19(28)13-29-21-25-24-20(30-21)23-18(27)12-7-15-5-3-2-4-6-15/h2-12H,13H2,1H3,(H,22,28)(H,23,24,27). The molecule has 0 radical (unpaired) electrons. The van der Waals surface area contributed by atoms with Crippen LogP contribution < -0.4 is 10.6 Å². The van der Waals surface area contributed by atoms with E-state index >= 15 is 0 Å². The lowest BCUT2D eigenvalue weighted by Crippen LogP contribution is -2.14. The summed E-state index contributed by atoms with van der Waals surface area (Å²) in [4.78, 5) is 35.3. The van der Waals surface area contributed by atoms with Crippen LogP contribution in [0.5, 0.6) is 0 Å². The van der Waals surface area contributed by atoms with E-state index in [9.17, 15) is 14.4 Å². The van der Waals surface area contributed by atoms with Crippen molar-refractivity contribution >= 4 is 57.6 Å². The van der Waals surface area contributed by atoms with Gasteiger partial charge in [0, 0.05) is 17.3 Å². The van der Waals surface area contributed by atoms with E-state index in [1.807, 2.05) is 30.3 Å². The second kappa shape index (κ2) is 10.5. The monoisotopic (exact) mass is 438 g/mol. The summed E-state index contributed by atoms with van der Waals surface area (Å²) in [7, 11) is 0. The average Bonchev–Trinajstić information content (AvgIpc) is 3.19. The fourth-order valence-corrected chi connectivity index (χ4v) is 3.87. The first-order chi connectivity index (χ1) is 14.5. The Balaban J connectivity index is 1.45. The summed E-state index contributed by atoms with van der Waals surface area (Å²) < 4.78 is 0.569. The molecule has 9 heteroatoms. The SMILES string of the molecule is CC(=O)c1ccc(NC(=O)CSc2nnc(NC(=O)C=Cc3ccccc3)s2)cc1. The van der Waals surface area contributed by atoms with Crippen LogP contribution in [0.1, 0.15) is 22.8 Å². The molecule has 2 aromatic carbocycles. The Hall–Kier alpha value is -3.30. The molecule has 1 heterocycles. The van der Waals surface area contributed by atoms with Gasteiger partial charge in [-0.2, -0.15) is 0 Å². The van der Waals surface area contributed by atoms with Crippen LogP contribution in [0.15, 0.2) is 65.0 Å². The Kier molecular flexibility index (Phi) is 7.47. The van der Waals surface area contributed by atoms with Crippen molar-refractivity contribution in [2.75, 3.05) is 16.4 Å². The van der Waals surface area contributed by atoms with Crippen molar-refractivity contribution in [3.8, 4) is 0 Å². The molecular formula is C21H18N4O3S2. The van der Waals surface area contributed by atoms with Gasteiger partial charge in [-0.05, 0) is 42.8 Å². The zero-order chi connectivity index (χ0) is 21.3. The summed E-state index contributed by atoms with van der Waals surface area (Å²) in [6.07, 6.45) is 3.13. The van der Waals surface area contributed by atoms with E-state index in [0.29, 0.717) is 20.7 Å². The molecule has 2 N–H and O–H groups in total. The van der Waals surface area contributed by atoms with E-state index in [0.717, 1.165) is 5.56 Å². The smallest absolute Gasteiger partial charge is 0.250 e. The minimum atomic E-state index is -0.307.